The quantitative estimate of drug-likeness (QED) is 0.870. The molecule has 0 amide bonds. The highest BCUT2D eigenvalue weighted by atomic mass is 16.3. The molecule has 88 valence electrons. The highest BCUT2D eigenvalue weighted by Gasteiger charge is 2.04. The molecule has 0 radical (unpaired) electrons. The molecule has 2 aromatic rings. The number of aliphatic hydroxyl groups is 1. The fourth-order valence-electron chi connectivity index (χ4n) is 1.77. The van der Waals surface area contributed by atoms with Crippen LogP contribution in [0.15, 0.2) is 42.6 Å². The van der Waals surface area contributed by atoms with Gasteiger partial charge in [-0.3, -0.25) is 4.98 Å². The smallest absolute Gasteiger partial charge is 0.0787 e. The molecule has 0 saturated carbocycles. The highest BCUT2D eigenvalue weighted by molar-refractivity contribution is 5.62. The van der Waals surface area contributed by atoms with Crippen molar-refractivity contribution in [3.05, 3.63) is 53.9 Å². The summed E-state index contributed by atoms with van der Waals surface area (Å²) >= 11 is 0. The number of benzene rings is 1. The van der Waals surface area contributed by atoms with Crippen molar-refractivity contribution < 1.29 is 5.11 Å². The lowest BCUT2D eigenvalue weighted by Gasteiger charge is -2.09. The molecule has 1 unspecified atom stereocenters. The van der Waals surface area contributed by atoms with Gasteiger partial charge in [-0.15, -0.1) is 0 Å². The fraction of sp³-hybridized carbons (Fsp3) is 0.267. The molecule has 0 aliphatic rings. The third kappa shape index (κ3) is 2.71. The summed E-state index contributed by atoms with van der Waals surface area (Å²) in [5.74, 6) is 0. The number of pyridine rings is 1. The maximum Gasteiger partial charge on any atom is 0.0787 e. The summed E-state index contributed by atoms with van der Waals surface area (Å²) in [7, 11) is 0. The number of hydrogen-bond acceptors (Lipinski definition) is 2. The van der Waals surface area contributed by atoms with Crippen molar-refractivity contribution in [2.45, 2.75) is 26.4 Å². The van der Waals surface area contributed by atoms with Gasteiger partial charge in [-0.05, 0) is 30.5 Å². The van der Waals surface area contributed by atoms with E-state index in [-0.39, 0.29) is 6.10 Å². The monoisotopic (exact) mass is 227 g/mol. The van der Waals surface area contributed by atoms with E-state index in [0.717, 1.165) is 28.8 Å². The Balaban J connectivity index is 2.26. The summed E-state index contributed by atoms with van der Waals surface area (Å²) in [5.41, 5.74) is 4.22. The van der Waals surface area contributed by atoms with E-state index in [2.05, 4.69) is 11.1 Å². The van der Waals surface area contributed by atoms with E-state index in [0.29, 0.717) is 0 Å². The Hall–Kier alpha value is -1.67. The zero-order valence-corrected chi connectivity index (χ0v) is 10.2. The standard InChI is InChI=1S/C15H17NO/c1-3-15(17)13-8-6-12(7-9-13)14-5-4-11(2)16-10-14/h4-10,15,17H,3H2,1-2H3. The second-order valence-electron chi connectivity index (χ2n) is 4.23. The molecule has 1 atom stereocenters. The predicted molar refractivity (Wildman–Crippen MR) is 69.7 cm³/mol. The largest absolute Gasteiger partial charge is 0.388 e. The second kappa shape index (κ2) is 5.11. The van der Waals surface area contributed by atoms with Crippen molar-refractivity contribution in [3.63, 3.8) is 0 Å². The van der Waals surface area contributed by atoms with Gasteiger partial charge < -0.3 is 5.11 Å². The Labute approximate surface area is 102 Å². The highest BCUT2D eigenvalue weighted by Crippen LogP contribution is 2.22. The number of nitrogens with zero attached hydrogens (tertiary/aromatic N) is 1. The van der Waals surface area contributed by atoms with E-state index < -0.39 is 0 Å². The summed E-state index contributed by atoms with van der Waals surface area (Å²) in [6, 6.07) is 12.1. The Kier molecular flexibility index (Phi) is 3.55. The van der Waals surface area contributed by atoms with Crippen LogP contribution in [0.5, 0.6) is 0 Å². The third-order valence-corrected chi connectivity index (χ3v) is 2.93. The van der Waals surface area contributed by atoms with Gasteiger partial charge in [0.05, 0.1) is 6.10 Å². The van der Waals surface area contributed by atoms with E-state index in [1.54, 1.807) is 0 Å². The van der Waals surface area contributed by atoms with Crippen LogP contribution >= 0.6 is 0 Å². The van der Waals surface area contributed by atoms with Crippen LogP contribution in [0.3, 0.4) is 0 Å². The first-order chi connectivity index (χ1) is 8.20. The van der Waals surface area contributed by atoms with Gasteiger partial charge in [-0.1, -0.05) is 37.3 Å². The van der Waals surface area contributed by atoms with Crippen molar-refractivity contribution in [2.24, 2.45) is 0 Å². The Bertz CT molecular complexity index is 473. The minimum atomic E-state index is -0.361. The average molecular weight is 227 g/mol. The molecule has 2 heteroatoms. The van der Waals surface area contributed by atoms with E-state index in [1.807, 2.05) is 50.4 Å². The molecule has 0 fully saturated rings. The average Bonchev–Trinajstić information content (AvgIpc) is 2.39. The molecule has 0 spiro atoms. The fourth-order valence-corrected chi connectivity index (χ4v) is 1.77. The zero-order chi connectivity index (χ0) is 12.3. The van der Waals surface area contributed by atoms with Gasteiger partial charge in [0, 0.05) is 17.5 Å². The number of aromatic nitrogens is 1. The van der Waals surface area contributed by atoms with Crippen LogP contribution in [0, 0.1) is 6.92 Å². The van der Waals surface area contributed by atoms with Gasteiger partial charge in [0.25, 0.3) is 0 Å². The van der Waals surface area contributed by atoms with Gasteiger partial charge in [-0.2, -0.15) is 0 Å². The van der Waals surface area contributed by atoms with Gasteiger partial charge in [0.15, 0.2) is 0 Å². The molecule has 1 heterocycles. The summed E-state index contributed by atoms with van der Waals surface area (Å²) in [5, 5.41) is 9.71. The molecule has 1 N–H and O–H groups in total. The molecule has 0 bridgehead atoms. The maximum atomic E-state index is 9.71. The molecule has 0 aliphatic heterocycles. The molecule has 0 saturated heterocycles. The summed E-state index contributed by atoms with van der Waals surface area (Å²) in [4.78, 5) is 4.28. The van der Waals surface area contributed by atoms with Crippen LogP contribution in [0.1, 0.15) is 30.7 Å². The van der Waals surface area contributed by atoms with Gasteiger partial charge in [-0.25, -0.2) is 0 Å². The summed E-state index contributed by atoms with van der Waals surface area (Å²) in [6.07, 6.45) is 2.26. The Morgan fingerprint density at radius 2 is 1.71 bits per heavy atom. The number of hydrogen-bond donors (Lipinski definition) is 1. The van der Waals surface area contributed by atoms with Crippen molar-refractivity contribution in [3.8, 4) is 11.1 Å². The van der Waals surface area contributed by atoms with Crippen molar-refractivity contribution in [1.82, 2.24) is 4.98 Å². The van der Waals surface area contributed by atoms with Crippen LogP contribution in [-0.2, 0) is 0 Å². The second-order valence-corrected chi connectivity index (χ2v) is 4.23. The van der Waals surface area contributed by atoms with Crippen LogP contribution < -0.4 is 0 Å². The first kappa shape index (κ1) is 11.8. The zero-order valence-electron chi connectivity index (χ0n) is 10.2. The molecular weight excluding hydrogens is 210 g/mol. The van der Waals surface area contributed by atoms with Crippen LogP contribution in [-0.4, -0.2) is 10.1 Å². The first-order valence-electron chi connectivity index (χ1n) is 5.91. The van der Waals surface area contributed by atoms with Gasteiger partial charge >= 0.3 is 0 Å². The van der Waals surface area contributed by atoms with Crippen LogP contribution in [0.2, 0.25) is 0 Å². The summed E-state index contributed by atoms with van der Waals surface area (Å²) < 4.78 is 0. The SMILES string of the molecule is CCC(O)c1ccc(-c2ccc(C)nc2)cc1. The minimum absolute atomic E-state index is 0.361. The topological polar surface area (TPSA) is 33.1 Å². The molecule has 2 nitrogen and oxygen atoms in total. The van der Waals surface area contributed by atoms with Crippen molar-refractivity contribution in [1.29, 1.82) is 0 Å². The van der Waals surface area contributed by atoms with E-state index >= 15 is 0 Å². The number of aliphatic hydroxyl groups excluding tert-OH is 1. The molecule has 1 aromatic carbocycles. The van der Waals surface area contributed by atoms with E-state index in [9.17, 15) is 5.11 Å². The van der Waals surface area contributed by atoms with E-state index in [4.69, 9.17) is 0 Å². The molecule has 0 aliphatic carbocycles. The molecule has 1 aromatic heterocycles. The summed E-state index contributed by atoms with van der Waals surface area (Å²) in [6.45, 7) is 3.95. The number of aryl methyl sites for hydroxylation is 1. The Morgan fingerprint density at radius 3 is 2.24 bits per heavy atom. The van der Waals surface area contributed by atoms with Crippen LogP contribution in [0.25, 0.3) is 11.1 Å². The minimum Gasteiger partial charge on any atom is -0.388 e. The van der Waals surface area contributed by atoms with Crippen molar-refractivity contribution >= 4 is 0 Å². The lowest BCUT2D eigenvalue weighted by Crippen LogP contribution is -1.94. The third-order valence-electron chi connectivity index (χ3n) is 2.93. The maximum absolute atomic E-state index is 9.71. The first-order valence-corrected chi connectivity index (χ1v) is 5.91. The van der Waals surface area contributed by atoms with Gasteiger partial charge in [0.2, 0.25) is 0 Å². The number of rotatable bonds is 3. The molecular formula is C15H17NO. The molecule has 17 heavy (non-hydrogen) atoms. The van der Waals surface area contributed by atoms with E-state index in [1.165, 1.54) is 0 Å². The van der Waals surface area contributed by atoms with Crippen LogP contribution in [0.4, 0.5) is 0 Å². The Morgan fingerprint density at radius 1 is 1.06 bits per heavy atom. The lowest BCUT2D eigenvalue weighted by molar-refractivity contribution is 0.173. The van der Waals surface area contributed by atoms with Crippen molar-refractivity contribution in [2.75, 3.05) is 0 Å². The predicted octanol–water partition coefficient (Wildman–Crippen LogP) is 3.50. The normalized spacial score (nSPS) is 12.4. The lowest BCUT2D eigenvalue weighted by atomic mass is 10.0. The molecule has 2 rings (SSSR count). The van der Waals surface area contributed by atoms with Gasteiger partial charge in [0.1, 0.15) is 0 Å².